The number of para-hydroxylation sites is 3. The molecule has 8 heteroatoms. The highest BCUT2D eigenvalue weighted by Gasteiger charge is 2.24. The minimum absolute atomic E-state index is 0.155. The number of rotatable bonds is 5. The quantitative estimate of drug-likeness (QED) is 0.443. The SMILES string of the molecule is Nc1ccccc1C(=O)O.O=P(O)(Oc1ccccc1)Oc1ccccc1. The molecule has 4 N–H and O–H groups in total. The van der Waals surface area contributed by atoms with Crippen LogP contribution in [0.1, 0.15) is 10.4 Å². The summed E-state index contributed by atoms with van der Waals surface area (Å²) in [4.78, 5) is 19.9. The highest BCUT2D eigenvalue weighted by atomic mass is 31.2. The van der Waals surface area contributed by atoms with Gasteiger partial charge in [-0.15, -0.1) is 0 Å². The largest absolute Gasteiger partial charge is 0.584 e. The van der Waals surface area contributed by atoms with Gasteiger partial charge in [-0.2, -0.15) is 0 Å². The van der Waals surface area contributed by atoms with Crippen molar-refractivity contribution in [3.05, 3.63) is 90.5 Å². The number of anilines is 1. The van der Waals surface area contributed by atoms with Crippen molar-refractivity contribution >= 4 is 19.5 Å². The van der Waals surface area contributed by atoms with Gasteiger partial charge in [-0.05, 0) is 36.4 Å². The number of phosphoric acid groups is 1. The number of nitrogens with two attached hydrogens (primary N) is 1. The van der Waals surface area contributed by atoms with E-state index in [1.807, 2.05) is 0 Å². The van der Waals surface area contributed by atoms with Gasteiger partial charge >= 0.3 is 13.8 Å². The summed E-state index contributed by atoms with van der Waals surface area (Å²) in [5.41, 5.74) is 5.80. The molecule has 0 aliphatic rings. The predicted octanol–water partition coefficient (Wildman–Crippen LogP) is 4.21. The third-order valence-electron chi connectivity index (χ3n) is 3.12. The van der Waals surface area contributed by atoms with Crippen molar-refractivity contribution in [1.82, 2.24) is 0 Å². The van der Waals surface area contributed by atoms with E-state index in [1.165, 1.54) is 6.07 Å². The van der Waals surface area contributed by atoms with Crippen LogP contribution in [0.5, 0.6) is 11.5 Å². The van der Waals surface area contributed by atoms with E-state index in [-0.39, 0.29) is 17.1 Å². The lowest BCUT2D eigenvalue weighted by Gasteiger charge is -2.13. The Balaban J connectivity index is 0.000000223. The molecule has 0 saturated heterocycles. The van der Waals surface area contributed by atoms with E-state index in [0.717, 1.165) is 0 Å². The summed E-state index contributed by atoms with van der Waals surface area (Å²) in [5, 5.41) is 8.49. The van der Waals surface area contributed by atoms with Crippen LogP contribution in [0.3, 0.4) is 0 Å². The van der Waals surface area contributed by atoms with Crippen molar-refractivity contribution in [1.29, 1.82) is 0 Å². The van der Waals surface area contributed by atoms with Crippen LogP contribution in [0.15, 0.2) is 84.9 Å². The van der Waals surface area contributed by atoms with Crippen molar-refractivity contribution in [3.8, 4) is 11.5 Å². The highest BCUT2D eigenvalue weighted by molar-refractivity contribution is 7.48. The summed E-state index contributed by atoms with van der Waals surface area (Å²) < 4.78 is 21.5. The van der Waals surface area contributed by atoms with Crippen molar-refractivity contribution in [2.24, 2.45) is 0 Å². The zero-order chi connectivity index (χ0) is 19.7. The number of aromatic carboxylic acids is 1. The van der Waals surface area contributed by atoms with Crippen molar-refractivity contribution in [2.45, 2.75) is 0 Å². The van der Waals surface area contributed by atoms with Gasteiger partial charge in [0.05, 0.1) is 5.56 Å². The second-order valence-electron chi connectivity index (χ2n) is 5.17. The number of carboxylic acid groups (broad SMARTS) is 1. The Morgan fingerprint density at radius 1 is 0.778 bits per heavy atom. The molecule has 0 saturated carbocycles. The first-order chi connectivity index (χ1) is 12.9. The molecule has 0 aromatic heterocycles. The van der Waals surface area contributed by atoms with Crippen LogP contribution in [0.25, 0.3) is 0 Å². The molecule has 0 aliphatic carbocycles. The van der Waals surface area contributed by atoms with Gasteiger partial charge < -0.3 is 19.9 Å². The van der Waals surface area contributed by atoms with Gasteiger partial charge in [-0.3, -0.25) is 4.89 Å². The second kappa shape index (κ2) is 9.43. The van der Waals surface area contributed by atoms with Crippen LogP contribution in [0.2, 0.25) is 0 Å². The van der Waals surface area contributed by atoms with E-state index >= 15 is 0 Å². The van der Waals surface area contributed by atoms with Gasteiger partial charge in [0.2, 0.25) is 0 Å². The fraction of sp³-hybridized carbons (Fsp3) is 0. The van der Waals surface area contributed by atoms with Crippen molar-refractivity contribution in [3.63, 3.8) is 0 Å². The Bertz CT molecular complexity index is 872. The zero-order valence-corrected chi connectivity index (χ0v) is 15.0. The monoisotopic (exact) mass is 387 g/mol. The van der Waals surface area contributed by atoms with Crippen LogP contribution in [-0.4, -0.2) is 16.0 Å². The fourth-order valence-electron chi connectivity index (χ4n) is 1.94. The fourth-order valence-corrected chi connectivity index (χ4v) is 2.75. The van der Waals surface area contributed by atoms with Gasteiger partial charge in [0.1, 0.15) is 11.5 Å². The first-order valence-corrected chi connectivity index (χ1v) is 9.27. The molecular weight excluding hydrogens is 369 g/mol. The average Bonchev–Trinajstić information content (AvgIpc) is 2.63. The summed E-state index contributed by atoms with van der Waals surface area (Å²) in [6.45, 7) is 0. The van der Waals surface area contributed by atoms with Crippen molar-refractivity contribution < 1.29 is 28.4 Å². The van der Waals surface area contributed by atoms with Gasteiger partial charge in [0.15, 0.2) is 0 Å². The van der Waals surface area contributed by atoms with E-state index in [4.69, 9.17) is 19.9 Å². The van der Waals surface area contributed by atoms with Crippen LogP contribution < -0.4 is 14.8 Å². The van der Waals surface area contributed by atoms with E-state index in [2.05, 4.69) is 0 Å². The molecule has 3 aromatic carbocycles. The van der Waals surface area contributed by atoms with Crippen LogP contribution >= 0.6 is 7.82 Å². The van der Waals surface area contributed by atoms with Gasteiger partial charge in [0.25, 0.3) is 0 Å². The molecule has 3 aromatic rings. The Kier molecular flexibility index (Phi) is 7.00. The molecule has 0 atom stereocenters. The number of hydrogen-bond acceptors (Lipinski definition) is 5. The Morgan fingerprint density at radius 3 is 1.56 bits per heavy atom. The number of phosphoric ester groups is 1. The maximum absolute atomic E-state index is 11.7. The topological polar surface area (TPSA) is 119 Å². The summed E-state index contributed by atoms with van der Waals surface area (Å²) in [7, 11) is -4.14. The van der Waals surface area contributed by atoms with E-state index in [1.54, 1.807) is 78.9 Å². The van der Waals surface area contributed by atoms with Gasteiger partial charge in [-0.1, -0.05) is 48.5 Å². The average molecular weight is 387 g/mol. The summed E-state index contributed by atoms with van der Waals surface area (Å²) in [5.74, 6) is -0.415. The molecule has 0 fully saturated rings. The molecule has 0 aliphatic heterocycles. The first kappa shape index (κ1) is 20.0. The molecule has 0 amide bonds. The maximum Gasteiger partial charge on any atom is 0.584 e. The molecule has 0 spiro atoms. The highest BCUT2D eigenvalue weighted by Crippen LogP contribution is 2.44. The maximum atomic E-state index is 11.7. The molecule has 27 heavy (non-hydrogen) atoms. The Labute approximate surface area is 156 Å². The molecule has 0 heterocycles. The molecule has 7 nitrogen and oxygen atoms in total. The van der Waals surface area contributed by atoms with Crippen LogP contribution in [0.4, 0.5) is 5.69 Å². The number of nitrogen functional groups attached to an aromatic ring is 1. The minimum Gasteiger partial charge on any atom is -0.478 e. The molecule has 140 valence electrons. The Morgan fingerprint density at radius 2 is 1.19 bits per heavy atom. The number of hydrogen-bond donors (Lipinski definition) is 3. The van der Waals surface area contributed by atoms with E-state index < -0.39 is 13.8 Å². The van der Waals surface area contributed by atoms with Gasteiger partial charge in [-0.25, -0.2) is 9.36 Å². The normalized spacial score (nSPS) is 10.3. The lowest BCUT2D eigenvalue weighted by atomic mass is 10.2. The van der Waals surface area contributed by atoms with E-state index in [9.17, 15) is 14.3 Å². The number of benzene rings is 3. The molecule has 0 bridgehead atoms. The third-order valence-corrected chi connectivity index (χ3v) is 4.00. The van der Waals surface area contributed by atoms with Gasteiger partial charge in [0, 0.05) is 5.69 Å². The van der Waals surface area contributed by atoms with Crippen LogP contribution in [0, 0.1) is 0 Å². The minimum atomic E-state index is -4.14. The number of carboxylic acids is 1. The molecule has 0 radical (unpaired) electrons. The summed E-state index contributed by atoms with van der Waals surface area (Å²) in [6.07, 6.45) is 0. The first-order valence-electron chi connectivity index (χ1n) is 7.77. The number of carbonyl (C=O) groups is 1. The lowest BCUT2D eigenvalue weighted by molar-refractivity contribution is 0.0698. The standard InChI is InChI=1S/C12H11O4P.C7H7NO2/c13-17(14,15-11-7-3-1-4-8-11)16-12-9-5-2-6-10-12;8-6-4-2-1-3-5(6)7(9)10/h1-10H,(H,13,14);1-4H,8H2,(H,9,10). The zero-order valence-electron chi connectivity index (χ0n) is 14.1. The second-order valence-corrected chi connectivity index (χ2v) is 6.47. The Hall–Kier alpha value is -3.28. The smallest absolute Gasteiger partial charge is 0.478 e. The lowest BCUT2D eigenvalue weighted by Crippen LogP contribution is -2.00. The summed E-state index contributed by atoms with van der Waals surface area (Å²) >= 11 is 0. The van der Waals surface area contributed by atoms with Crippen LogP contribution in [-0.2, 0) is 4.57 Å². The molecular formula is C19H18NO6P. The van der Waals surface area contributed by atoms with Crippen molar-refractivity contribution in [2.75, 3.05) is 5.73 Å². The third kappa shape index (κ3) is 6.86. The molecule has 0 unspecified atom stereocenters. The molecule has 3 rings (SSSR count). The summed E-state index contributed by atoms with van der Waals surface area (Å²) in [6, 6.07) is 23.1. The van der Waals surface area contributed by atoms with E-state index in [0.29, 0.717) is 5.69 Å². The predicted molar refractivity (Wildman–Crippen MR) is 102 cm³/mol.